The van der Waals surface area contributed by atoms with E-state index in [9.17, 15) is 4.79 Å². The molecule has 0 radical (unpaired) electrons. The van der Waals surface area contributed by atoms with Gasteiger partial charge in [-0.3, -0.25) is 0 Å². The molecule has 0 amide bonds. The van der Waals surface area contributed by atoms with Gasteiger partial charge in [0.2, 0.25) is 0 Å². The van der Waals surface area contributed by atoms with Crippen molar-refractivity contribution in [3.8, 4) is 5.75 Å². The zero-order valence-corrected chi connectivity index (χ0v) is 9.67. The van der Waals surface area contributed by atoms with E-state index < -0.39 is 0 Å². The van der Waals surface area contributed by atoms with Crippen LogP contribution in [0.3, 0.4) is 0 Å². The number of aldehydes is 1. The molecule has 0 aliphatic rings. The molecule has 1 aromatic carbocycles. The molecule has 2 nitrogen and oxygen atoms in total. The minimum atomic E-state index is 0.643. The minimum absolute atomic E-state index is 0.643. The molecule has 15 heavy (non-hydrogen) atoms. The summed E-state index contributed by atoms with van der Waals surface area (Å²) in [5.74, 6) is 0.937. The number of carbonyl (C=O) groups excluding carboxylic acids is 1. The fourth-order valence-electron chi connectivity index (χ4n) is 1.71. The largest absolute Gasteiger partial charge is 0.496 e. The van der Waals surface area contributed by atoms with E-state index in [2.05, 4.69) is 19.1 Å². The molecular weight excluding hydrogens is 188 g/mol. The summed E-state index contributed by atoms with van der Waals surface area (Å²) in [7, 11) is 1.69. The number of carbonyl (C=O) groups is 1. The monoisotopic (exact) mass is 206 g/mol. The molecule has 0 aromatic heterocycles. The van der Waals surface area contributed by atoms with Gasteiger partial charge < -0.3 is 9.53 Å². The van der Waals surface area contributed by atoms with Crippen molar-refractivity contribution in [3.05, 3.63) is 28.8 Å². The number of rotatable bonds is 5. The van der Waals surface area contributed by atoms with Gasteiger partial charge in [0.15, 0.2) is 0 Å². The van der Waals surface area contributed by atoms with Crippen molar-refractivity contribution in [2.45, 2.75) is 33.1 Å². The Balaban J connectivity index is 2.80. The SMILES string of the molecule is COc1cc(C)c(CCCC=O)cc1C. The Morgan fingerprint density at radius 3 is 2.60 bits per heavy atom. The van der Waals surface area contributed by atoms with Crippen LogP contribution in [0.15, 0.2) is 12.1 Å². The molecule has 0 unspecified atom stereocenters. The van der Waals surface area contributed by atoms with Gasteiger partial charge in [-0.05, 0) is 49.4 Å². The first kappa shape index (κ1) is 11.8. The topological polar surface area (TPSA) is 26.3 Å². The summed E-state index contributed by atoms with van der Waals surface area (Å²) in [5.41, 5.74) is 3.71. The van der Waals surface area contributed by atoms with E-state index in [4.69, 9.17) is 4.74 Å². The number of hydrogen-bond acceptors (Lipinski definition) is 2. The molecule has 0 aliphatic carbocycles. The van der Waals surface area contributed by atoms with Gasteiger partial charge in [-0.1, -0.05) is 6.07 Å². The number of ether oxygens (including phenoxy) is 1. The highest BCUT2D eigenvalue weighted by molar-refractivity contribution is 5.49. The van der Waals surface area contributed by atoms with E-state index in [-0.39, 0.29) is 0 Å². The molecule has 0 heterocycles. The Bertz CT molecular complexity index is 343. The van der Waals surface area contributed by atoms with Gasteiger partial charge in [0.25, 0.3) is 0 Å². The highest BCUT2D eigenvalue weighted by atomic mass is 16.5. The first-order chi connectivity index (χ1) is 7.19. The highest BCUT2D eigenvalue weighted by Crippen LogP contribution is 2.23. The van der Waals surface area contributed by atoms with Crippen LogP contribution >= 0.6 is 0 Å². The predicted molar refractivity (Wildman–Crippen MR) is 61.5 cm³/mol. The summed E-state index contributed by atoms with van der Waals surface area (Å²) in [4.78, 5) is 10.2. The Morgan fingerprint density at radius 2 is 2.00 bits per heavy atom. The zero-order valence-electron chi connectivity index (χ0n) is 9.67. The summed E-state index contributed by atoms with van der Waals surface area (Å²) in [6.45, 7) is 4.12. The highest BCUT2D eigenvalue weighted by Gasteiger charge is 2.04. The molecule has 0 spiro atoms. The van der Waals surface area contributed by atoms with Crippen LogP contribution in [0.4, 0.5) is 0 Å². The lowest BCUT2D eigenvalue weighted by Crippen LogP contribution is -1.95. The van der Waals surface area contributed by atoms with E-state index in [1.54, 1.807) is 7.11 Å². The third kappa shape index (κ3) is 3.08. The van der Waals surface area contributed by atoms with Crippen LogP contribution in [-0.2, 0) is 11.2 Å². The Labute approximate surface area is 91.3 Å². The maximum atomic E-state index is 10.2. The molecule has 82 valence electrons. The van der Waals surface area contributed by atoms with Crippen LogP contribution in [0.5, 0.6) is 5.75 Å². The van der Waals surface area contributed by atoms with Crippen LogP contribution < -0.4 is 4.74 Å². The van der Waals surface area contributed by atoms with Crippen molar-refractivity contribution in [3.63, 3.8) is 0 Å². The molecule has 0 fully saturated rings. The molecule has 0 saturated heterocycles. The van der Waals surface area contributed by atoms with Crippen LogP contribution in [0.25, 0.3) is 0 Å². The third-order valence-corrected chi connectivity index (χ3v) is 2.62. The molecule has 1 aromatic rings. The second-order valence-corrected chi connectivity index (χ2v) is 3.81. The molecule has 0 atom stereocenters. The summed E-state index contributed by atoms with van der Waals surface area (Å²) in [6.07, 6.45) is 3.52. The normalized spacial score (nSPS) is 10.1. The van der Waals surface area contributed by atoms with Crippen LogP contribution in [0.1, 0.15) is 29.5 Å². The smallest absolute Gasteiger partial charge is 0.122 e. The summed E-state index contributed by atoms with van der Waals surface area (Å²) >= 11 is 0. The summed E-state index contributed by atoms with van der Waals surface area (Å²) < 4.78 is 5.25. The van der Waals surface area contributed by atoms with Gasteiger partial charge in [-0.2, -0.15) is 0 Å². The van der Waals surface area contributed by atoms with Crippen molar-refractivity contribution in [1.29, 1.82) is 0 Å². The maximum Gasteiger partial charge on any atom is 0.122 e. The molecule has 0 saturated carbocycles. The van der Waals surface area contributed by atoms with Gasteiger partial charge in [0.05, 0.1) is 7.11 Å². The standard InChI is InChI=1S/C13H18O2/c1-10-9-13(15-3)11(2)8-12(10)6-4-5-7-14/h7-9H,4-6H2,1-3H3. The molecule has 1 rings (SSSR count). The van der Waals surface area contributed by atoms with Crippen molar-refractivity contribution in [1.82, 2.24) is 0 Å². The number of aryl methyl sites for hydroxylation is 3. The lowest BCUT2D eigenvalue weighted by atomic mass is 10.00. The van der Waals surface area contributed by atoms with E-state index in [0.717, 1.165) is 30.4 Å². The maximum absolute atomic E-state index is 10.2. The fourth-order valence-corrected chi connectivity index (χ4v) is 1.71. The number of methoxy groups -OCH3 is 1. The molecule has 2 heteroatoms. The predicted octanol–water partition coefficient (Wildman–Crippen LogP) is 2.83. The van der Waals surface area contributed by atoms with E-state index in [0.29, 0.717) is 6.42 Å². The van der Waals surface area contributed by atoms with Gasteiger partial charge in [0, 0.05) is 6.42 Å². The van der Waals surface area contributed by atoms with Crippen molar-refractivity contribution < 1.29 is 9.53 Å². The quantitative estimate of drug-likeness (QED) is 0.547. The number of unbranched alkanes of at least 4 members (excludes halogenated alkanes) is 1. The minimum Gasteiger partial charge on any atom is -0.496 e. The number of hydrogen-bond donors (Lipinski definition) is 0. The zero-order chi connectivity index (χ0) is 11.3. The number of benzene rings is 1. The summed E-state index contributed by atoms with van der Waals surface area (Å²) in [6, 6.07) is 4.21. The average molecular weight is 206 g/mol. The molecular formula is C13H18O2. The Kier molecular flexibility index (Phi) is 4.35. The van der Waals surface area contributed by atoms with E-state index in [1.807, 2.05) is 6.92 Å². The van der Waals surface area contributed by atoms with Gasteiger partial charge in [0.1, 0.15) is 12.0 Å². The van der Waals surface area contributed by atoms with Crippen LogP contribution in [0, 0.1) is 13.8 Å². The second-order valence-electron chi connectivity index (χ2n) is 3.81. The van der Waals surface area contributed by atoms with E-state index >= 15 is 0 Å². The van der Waals surface area contributed by atoms with Crippen molar-refractivity contribution >= 4 is 6.29 Å². The van der Waals surface area contributed by atoms with Gasteiger partial charge >= 0.3 is 0 Å². The van der Waals surface area contributed by atoms with Gasteiger partial charge in [-0.15, -0.1) is 0 Å². The summed E-state index contributed by atoms with van der Waals surface area (Å²) in [5, 5.41) is 0. The first-order valence-corrected chi connectivity index (χ1v) is 5.26. The molecule has 0 aliphatic heterocycles. The average Bonchev–Trinajstić information content (AvgIpc) is 2.23. The molecule has 0 N–H and O–H groups in total. The second kappa shape index (κ2) is 5.54. The van der Waals surface area contributed by atoms with Crippen LogP contribution in [-0.4, -0.2) is 13.4 Å². The van der Waals surface area contributed by atoms with Crippen molar-refractivity contribution in [2.75, 3.05) is 7.11 Å². The third-order valence-electron chi connectivity index (χ3n) is 2.62. The van der Waals surface area contributed by atoms with E-state index in [1.165, 1.54) is 11.1 Å². The van der Waals surface area contributed by atoms with Crippen molar-refractivity contribution in [2.24, 2.45) is 0 Å². The Morgan fingerprint density at radius 1 is 1.27 bits per heavy atom. The lowest BCUT2D eigenvalue weighted by molar-refractivity contribution is -0.107. The van der Waals surface area contributed by atoms with Gasteiger partial charge in [-0.25, -0.2) is 0 Å². The first-order valence-electron chi connectivity index (χ1n) is 5.26. The Hall–Kier alpha value is -1.31. The lowest BCUT2D eigenvalue weighted by Gasteiger charge is -2.10. The molecule has 0 bridgehead atoms. The van der Waals surface area contributed by atoms with Crippen LogP contribution in [0.2, 0.25) is 0 Å². The fraction of sp³-hybridized carbons (Fsp3) is 0.462.